The highest BCUT2D eigenvalue weighted by Gasteiger charge is 2.32. The zero-order valence-corrected chi connectivity index (χ0v) is 10.1. The van der Waals surface area contributed by atoms with Gasteiger partial charge < -0.3 is 4.90 Å². The van der Waals surface area contributed by atoms with Crippen LogP contribution in [-0.2, 0) is 14.3 Å². The Kier molecular flexibility index (Phi) is 2.84. The van der Waals surface area contributed by atoms with Crippen LogP contribution in [0.25, 0.3) is 0 Å². The molecule has 1 aromatic heterocycles. The van der Waals surface area contributed by atoms with Gasteiger partial charge in [0, 0.05) is 18.5 Å². The summed E-state index contributed by atoms with van der Waals surface area (Å²) in [6.45, 7) is 0.983. The molecule has 2 rings (SSSR count). The summed E-state index contributed by atoms with van der Waals surface area (Å²) in [5.41, 5.74) is 0.382. The molecule has 2 heterocycles. The summed E-state index contributed by atoms with van der Waals surface area (Å²) in [4.78, 5) is 5.94. The molecule has 1 saturated heterocycles. The van der Waals surface area contributed by atoms with Crippen LogP contribution in [0.5, 0.6) is 0 Å². The van der Waals surface area contributed by atoms with Gasteiger partial charge in [-0.2, -0.15) is 13.7 Å². The molecule has 6 nitrogen and oxygen atoms in total. The molecular formula is C8H9N3O3S2. The first kappa shape index (κ1) is 11.3. The van der Waals surface area contributed by atoms with E-state index >= 15 is 0 Å². The third kappa shape index (κ3) is 2.49. The lowest BCUT2D eigenvalue weighted by Gasteiger charge is -2.37. The van der Waals surface area contributed by atoms with E-state index in [-0.39, 0.29) is 6.10 Å². The molecule has 0 atom stereocenters. The van der Waals surface area contributed by atoms with Crippen LogP contribution in [0.2, 0.25) is 0 Å². The Morgan fingerprint density at radius 3 is 2.88 bits per heavy atom. The van der Waals surface area contributed by atoms with E-state index in [4.69, 9.17) is 9.44 Å². The van der Waals surface area contributed by atoms with Crippen LogP contribution >= 0.6 is 11.3 Å². The molecule has 0 N–H and O–H groups in total. The minimum absolute atomic E-state index is 0.301. The molecule has 1 fully saturated rings. The second kappa shape index (κ2) is 4.01. The monoisotopic (exact) mass is 259 g/mol. The number of anilines is 1. The summed E-state index contributed by atoms with van der Waals surface area (Å²) in [6, 6.07) is 1.95. The molecule has 0 aliphatic carbocycles. The molecule has 0 spiro atoms. The second-order valence-corrected chi connectivity index (χ2v) is 5.89. The molecule has 1 aliphatic heterocycles. The molecule has 1 aliphatic rings. The summed E-state index contributed by atoms with van der Waals surface area (Å²) >= 11 is 1.37. The molecular weight excluding hydrogens is 250 g/mol. The topological polar surface area (TPSA) is 83.3 Å². The Balaban J connectivity index is 1.91. The smallest absolute Gasteiger partial charge is 0.264 e. The van der Waals surface area contributed by atoms with E-state index < -0.39 is 10.1 Å². The molecule has 0 radical (unpaired) electrons. The molecule has 0 aromatic carbocycles. The number of hydrogen-bond donors (Lipinski definition) is 0. The first-order valence-corrected chi connectivity index (χ1v) is 7.16. The number of nitriles is 1. The minimum Gasteiger partial charge on any atom is -0.343 e. The summed E-state index contributed by atoms with van der Waals surface area (Å²) in [7, 11) is -3.39. The number of nitrogens with zero attached hydrogens (tertiary/aromatic N) is 3. The van der Waals surface area contributed by atoms with Crippen molar-refractivity contribution in [1.82, 2.24) is 4.98 Å². The molecule has 0 amide bonds. The molecule has 86 valence electrons. The van der Waals surface area contributed by atoms with Crippen molar-refractivity contribution in [2.45, 2.75) is 6.10 Å². The maximum atomic E-state index is 10.8. The van der Waals surface area contributed by atoms with Gasteiger partial charge in [-0.3, -0.25) is 4.18 Å². The van der Waals surface area contributed by atoms with Gasteiger partial charge in [0.25, 0.3) is 10.1 Å². The van der Waals surface area contributed by atoms with Crippen molar-refractivity contribution >= 4 is 26.6 Å². The van der Waals surface area contributed by atoms with Gasteiger partial charge in [-0.1, -0.05) is 0 Å². The SMILES string of the molecule is CS(=O)(=O)OC1CN(c2nc(C#N)cs2)C1. The van der Waals surface area contributed by atoms with Gasteiger partial charge in [0.1, 0.15) is 12.2 Å². The average Bonchev–Trinajstić information content (AvgIpc) is 2.56. The standard InChI is InChI=1S/C8H9N3O3S2/c1-16(12,13)14-7-3-11(4-7)8-10-6(2-9)5-15-8/h5,7H,3-4H2,1H3. The number of rotatable bonds is 3. The molecule has 0 saturated carbocycles. The van der Waals surface area contributed by atoms with E-state index in [1.54, 1.807) is 5.38 Å². The van der Waals surface area contributed by atoms with Crippen LogP contribution in [0.15, 0.2) is 5.38 Å². The van der Waals surface area contributed by atoms with Crippen molar-refractivity contribution in [3.63, 3.8) is 0 Å². The van der Waals surface area contributed by atoms with Gasteiger partial charge in [0.15, 0.2) is 10.8 Å². The molecule has 0 unspecified atom stereocenters. The number of thiazole rings is 1. The highest BCUT2D eigenvalue weighted by Crippen LogP contribution is 2.26. The Labute approximate surface area is 97.2 Å². The van der Waals surface area contributed by atoms with E-state index in [0.717, 1.165) is 11.4 Å². The Morgan fingerprint density at radius 2 is 2.38 bits per heavy atom. The number of hydrogen-bond acceptors (Lipinski definition) is 7. The second-order valence-electron chi connectivity index (χ2n) is 3.45. The van der Waals surface area contributed by atoms with E-state index in [1.165, 1.54) is 11.3 Å². The van der Waals surface area contributed by atoms with Gasteiger partial charge in [-0.15, -0.1) is 11.3 Å². The van der Waals surface area contributed by atoms with Crippen molar-refractivity contribution < 1.29 is 12.6 Å². The van der Waals surface area contributed by atoms with E-state index in [2.05, 4.69) is 4.98 Å². The fraction of sp³-hybridized carbons (Fsp3) is 0.500. The lowest BCUT2D eigenvalue weighted by atomic mass is 10.2. The third-order valence-electron chi connectivity index (χ3n) is 2.04. The van der Waals surface area contributed by atoms with Crippen LogP contribution in [-0.4, -0.2) is 38.9 Å². The Morgan fingerprint density at radius 1 is 1.69 bits per heavy atom. The lowest BCUT2D eigenvalue weighted by molar-refractivity contribution is 0.177. The highest BCUT2D eigenvalue weighted by molar-refractivity contribution is 7.86. The molecule has 16 heavy (non-hydrogen) atoms. The fourth-order valence-electron chi connectivity index (χ4n) is 1.36. The van der Waals surface area contributed by atoms with Crippen molar-refractivity contribution in [2.24, 2.45) is 0 Å². The van der Waals surface area contributed by atoms with E-state index in [0.29, 0.717) is 18.8 Å². The van der Waals surface area contributed by atoms with Crippen LogP contribution in [0.1, 0.15) is 5.69 Å². The number of aromatic nitrogens is 1. The molecule has 8 heteroatoms. The van der Waals surface area contributed by atoms with Gasteiger partial charge >= 0.3 is 0 Å². The summed E-state index contributed by atoms with van der Waals surface area (Å²) < 4.78 is 26.5. The van der Waals surface area contributed by atoms with Crippen LogP contribution in [0.3, 0.4) is 0 Å². The zero-order chi connectivity index (χ0) is 11.8. The van der Waals surface area contributed by atoms with E-state index in [1.807, 2.05) is 11.0 Å². The maximum absolute atomic E-state index is 10.8. The molecule has 1 aromatic rings. The van der Waals surface area contributed by atoms with Crippen molar-refractivity contribution in [3.05, 3.63) is 11.1 Å². The summed E-state index contributed by atoms with van der Waals surface area (Å²) in [5, 5.41) is 11.0. The Bertz CT molecular complexity index is 525. The van der Waals surface area contributed by atoms with E-state index in [9.17, 15) is 8.42 Å². The summed E-state index contributed by atoms with van der Waals surface area (Å²) in [6.07, 6.45) is 0.733. The van der Waals surface area contributed by atoms with Gasteiger partial charge in [-0.25, -0.2) is 4.98 Å². The normalized spacial score (nSPS) is 16.9. The minimum atomic E-state index is -3.39. The molecule has 0 bridgehead atoms. The van der Waals surface area contributed by atoms with Gasteiger partial charge in [0.2, 0.25) is 0 Å². The first-order chi connectivity index (χ1) is 7.48. The first-order valence-electron chi connectivity index (χ1n) is 4.47. The fourth-order valence-corrected chi connectivity index (χ4v) is 2.75. The van der Waals surface area contributed by atoms with Crippen LogP contribution < -0.4 is 4.90 Å². The van der Waals surface area contributed by atoms with Gasteiger partial charge in [0.05, 0.1) is 6.26 Å². The van der Waals surface area contributed by atoms with Gasteiger partial charge in [-0.05, 0) is 0 Å². The van der Waals surface area contributed by atoms with Crippen LogP contribution in [0, 0.1) is 11.3 Å². The highest BCUT2D eigenvalue weighted by atomic mass is 32.2. The predicted molar refractivity (Wildman–Crippen MR) is 58.8 cm³/mol. The lowest BCUT2D eigenvalue weighted by Crippen LogP contribution is -2.52. The quantitative estimate of drug-likeness (QED) is 0.720. The predicted octanol–water partition coefficient (Wildman–Crippen LogP) is 0.180. The van der Waals surface area contributed by atoms with Crippen molar-refractivity contribution in [3.8, 4) is 6.07 Å². The summed E-state index contributed by atoms with van der Waals surface area (Å²) in [5.74, 6) is 0. The maximum Gasteiger partial charge on any atom is 0.264 e. The zero-order valence-electron chi connectivity index (χ0n) is 8.45. The largest absolute Gasteiger partial charge is 0.343 e. The van der Waals surface area contributed by atoms with Crippen molar-refractivity contribution in [2.75, 3.05) is 24.2 Å². The average molecular weight is 259 g/mol. The third-order valence-corrected chi connectivity index (χ3v) is 3.56. The Hall–Kier alpha value is -1.17. The van der Waals surface area contributed by atoms with Crippen LogP contribution in [0.4, 0.5) is 5.13 Å². The van der Waals surface area contributed by atoms with Crippen molar-refractivity contribution in [1.29, 1.82) is 5.26 Å².